The fourth-order valence-corrected chi connectivity index (χ4v) is 6.38. The van der Waals surface area contributed by atoms with E-state index in [1.54, 1.807) is 23.9 Å². The van der Waals surface area contributed by atoms with E-state index in [4.69, 9.17) is 4.74 Å². The molecule has 1 aliphatic rings. The first-order chi connectivity index (χ1) is 19.3. The molecule has 1 fully saturated rings. The lowest BCUT2D eigenvalue weighted by Crippen LogP contribution is -2.37. The van der Waals surface area contributed by atoms with Gasteiger partial charge >= 0.3 is 0 Å². The molecule has 0 N–H and O–H groups in total. The summed E-state index contributed by atoms with van der Waals surface area (Å²) in [4.78, 5) is 2.28. The standard InChI is InChI=1S/C30H30FN5O3S/c1-21-14-27-23(16-33-36(27)25-10-8-24(31)9-11-25)15-26(21)30(20-39-18-22-6-4-3-5-7-22)12-13-35(19-30)29-28(40(37)38)17-32-34(29)2/h3-11,14-17H,12-13,18-20H2,1-2H3,(H,37,38)/p-1. The number of fused-ring (bicyclic) bond motifs is 1. The molecule has 0 radical (unpaired) electrons. The van der Waals surface area contributed by atoms with Crippen LogP contribution in [0.4, 0.5) is 10.2 Å². The monoisotopic (exact) mass is 558 g/mol. The second-order valence-electron chi connectivity index (χ2n) is 10.4. The van der Waals surface area contributed by atoms with Gasteiger partial charge in [-0.15, -0.1) is 0 Å². The van der Waals surface area contributed by atoms with E-state index >= 15 is 0 Å². The largest absolute Gasteiger partial charge is 0.768 e. The van der Waals surface area contributed by atoms with E-state index in [1.165, 1.54) is 18.3 Å². The second-order valence-corrected chi connectivity index (χ2v) is 11.3. The van der Waals surface area contributed by atoms with Gasteiger partial charge in [0, 0.05) is 30.9 Å². The van der Waals surface area contributed by atoms with Crippen LogP contribution in [0.5, 0.6) is 0 Å². The molecule has 2 unspecified atom stereocenters. The topological polar surface area (TPSA) is 88.2 Å². The van der Waals surface area contributed by atoms with Crippen molar-refractivity contribution < 1.29 is 17.9 Å². The van der Waals surface area contributed by atoms with E-state index in [9.17, 15) is 13.2 Å². The fourth-order valence-electron chi connectivity index (χ4n) is 5.83. The van der Waals surface area contributed by atoms with Crippen molar-refractivity contribution in [3.05, 3.63) is 102 Å². The van der Waals surface area contributed by atoms with Gasteiger partial charge in [0.05, 0.1) is 41.7 Å². The zero-order valence-corrected chi connectivity index (χ0v) is 23.1. The summed E-state index contributed by atoms with van der Waals surface area (Å²) in [5, 5.41) is 9.78. The van der Waals surface area contributed by atoms with E-state index < -0.39 is 16.5 Å². The molecule has 10 heteroatoms. The van der Waals surface area contributed by atoms with Gasteiger partial charge in [0.1, 0.15) is 11.6 Å². The Morgan fingerprint density at radius 3 is 2.60 bits per heavy atom. The molecule has 0 spiro atoms. The lowest BCUT2D eigenvalue weighted by Gasteiger charge is -2.32. The van der Waals surface area contributed by atoms with Crippen molar-refractivity contribution in [2.24, 2.45) is 7.05 Å². The zero-order valence-electron chi connectivity index (χ0n) is 22.3. The normalized spacial score (nSPS) is 18.1. The van der Waals surface area contributed by atoms with Crippen molar-refractivity contribution in [3.63, 3.8) is 0 Å². The van der Waals surface area contributed by atoms with Gasteiger partial charge in [-0.2, -0.15) is 10.2 Å². The van der Waals surface area contributed by atoms with Crippen LogP contribution in [-0.2, 0) is 34.9 Å². The summed E-state index contributed by atoms with van der Waals surface area (Å²) in [6.07, 6.45) is 3.99. The van der Waals surface area contributed by atoms with Crippen LogP contribution in [0.3, 0.4) is 0 Å². The molecule has 1 saturated heterocycles. The fraction of sp³-hybridized carbons (Fsp3) is 0.267. The Morgan fingerprint density at radius 2 is 1.85 bits per heavy atom. The number of ether oxygens (including phenoxy) is 1. The maximum Gasteiger partial charge on any atom is 0.141 e. The summed E-state index contributed by atoms with van der Waals surface area (Å²) in [6, 6.07) is 20.6. The lowest BCUT2D eigenvalue weighted by atomic mass is 9.77. The van der Waals surface area contributed by atoms with Crippen LogP contribution in [-0.4, -0.2) is 48.0 Å². The zero-order chi connectivity index (χ0) is 27.9. The number of hydrogen-bond acceptors (Lipinski definition) is 6. The first-order valence-corrected chi connectivity index (χ1v) is 14.1. The first-order valence-electron chi connectivity index (χ1n) is 13.1. The highest BCUT2D eigenvalue weighted by Gasteiger charge is 2.42. The number of nitrogens with zero attached hydrogens (tertiary/aromatic N) is 5. The van der Waals surface area contributed by atoms with Crippen LogP contribution in [0.1, 0.15) is 23.1 Å². The molecule has 0 aliphatic carbocycles. The molecule has 0 bridgehead atoms. The van der Waals surface area contributed by atoms with Gasteiger partial charge in [0.2, 0.25) is 0 Å². The van der Waals surface area contributed by atoms with E-state index in [1.807, 2.05) is 41.2 Å². The van der Waals surface area contributed by atoms with Crippen LogP contribution in [0.25, 0.3) is 16.6 Å². The quantitative estimate of drug-likeness (QED) is 0.254. The Kier molecular flexibility index (Phi) is 6.99. The van der Waals surface area contributed by atoms with Gasteiger partial charge in [-0.3, -0.25) is 8.89 Å². The number of anilines is 1. The summed E-state index contributed by atoms with van der Waals surface area (Å²) in [6.45, 7) is 4.26. The first kappa shape index (κ1) is 26.4. The number of hydrogen-bond donors (Lipinski definition) is 0. The van der Waals surface area contributed by atoms with E-state index in [0.717, 1.165) is 39.7 Å². The summed E-state index contributed by atoms with van der Waals surface area (Å²) in [5.41, 5.74) is 4.64. The number of rotatable bonds is 8. The van der Waals surface area contributed by atoms with Gasteiger partial charge in [0.25, 0.3) is 0 Å². The van der Waals surface area contributed by atoms with E-state index in [0.29, 0.717) is 32.1 Å². The molecule has 2 aromatic heterocycles. The number of benzene rings is 3. The number of halogens is 1. The molecule has 0 saturated carbocycles. The molecule has 40 heavy (non-hydrogen) atoms. The number of aryl methyl sites for hydroxylation is 2. The maximum atomic E-state index is 13.5. The highest BCUT2D eigenvalue weighted by atomic mass is 32.2. The van der Waals surface area contributed by atoms with Gasteiger partial charge in [-0.25, -0.2) is 9.07 Å². The van der Waals surface area contributed by atoms with Crippen LogP contribution in [0.2, 0.25) is 0 Å². The minimum Gasteiger partial charge on any atom is -0.768 e. The van der Waals surface area contributed by atoms with Crippen molar-refractivity contribution >= 4 is 27.8 Å². The molecule has 3 heterocycles. The number of aromatic nitrogens is 4. The van der Waals surface area contributed by atoms with Crippen LogP contribution < -0.4 is 4.90 Å². The molecular formula is C30H29FN5O3S-. The van der Waals surface area contributed by atoms with Crippen LogP contribution >= 0.6 is 0 Å². The third-order valence-electron chi connectivity index (χ3n) is 7.75. The Labute approximate surface area is 234 Å². The molecule has 206 valence electrons. The molecular weight excluding hydrogens is 529 g/mol. The van der Waals surface area contributed by atoms with Crippen molar-refractivity contribution in [2.45, 2.75) is 30.3 Å². The smallest absolute Gasteiger partial charge is 0.141 e. The summed E-state index contributed by atoms with van der Waals surface area (Å²) in [7, 11) is 1.76. The van der Waals surface area contributed by atoms with E-state index in [-0.39, 0.29) is 10.7 Å². The Hall–Kier alpha value is -3.86. The molecule has 1 aliphatic heterocycles. The molecule has 6 rings (SSSR count). The van der Waals surface area contributed by atoms with Crippen molar-refractivity contribution in [2.75, 3.05) is 24.6 Å². The van der Waals surface area contributed by atoms with Crippen LogP contribution in [0.15, 0.2) is 84.0 Å². The van der Waals surface area contributed by atoms with Gasteiger partial charge < -0.3 is 14.2 Å². The molecule has 2 atom stereocenters. The summed E-state index contributed by atoms with van der Waals surface area (Å²) >= 11 is -2.40. The molecule has 5 aromatic rings. The predicted octanol–water partition coefficient (Wildman–Crippen LogP) is 4.81. The van der Waals surface area contributed by atoms with E-state index in [2.05, 4.69) is 34.2 Å². The Bertz CT molecular complexity index is 1690. The van der Waals surface area contributed by atoms with Crippen molar-refractivity contribution in [1.29, 1.82) is 0 Å². The third-order valence-corrected chi connectivity index (χ3v) is 8.40. The average molecular weight is 559 g/mol. The highest BCUT2D eigenvalue weighted by molar-refractivity contribution is 7.79. The van der Waals surface area contributed by atoms with Crippen molar-refractivity contribution in [1.82, 2.24) is 19.6 Å². The predicted molar refractivity (Wildman–Crippen MR) is 151 cm³/mol. The molecule has 3 aromatic carbocycles. The minimum atomic E-state index is -2.40. The Balaban J connectivity index is 1.38. The summed E-state index contributed by atoms with van der Waals surface area (Å²) < 4.78 is 47.2. The SMILES string of the molecule is Cc1cc2c(cnn2-c2ccc(F)cc2)cc1C1(COCc2ccccc2)CCN(c2c(S(=O)[O-])cnn2C)C1. The van der Waals surface area contributed by atoms with Gasteiger partial charge in [-0.05, 0) is 77.5 Å². The van der Waals surface area contributed by atoms with Gasteiger partial charge in [-0.1, -0.05) is 30.3 Å². The maximum absolute atomic E-state index is 13.5. The lowest BCUT2D eigenvalue weighted by molar-refractivity contribution is 0.0770. The van der Waals surface area contributed by atoms with Gasteiger partial charge in [0.15, 0.2) is 0 Å². The molecule has 0 amide bonds. The average Bonchev–Trinajstić information content (AvgIpc) is 3.66. The molecule has 8 nitrogen and oxygen atoms in total. The Morgan fingerprint density at radius 1 is 1.07 bits per heavy atom. The van der Waals surface area contributed by atoms with Crippen LogP contribution in [0, 0.1) is 12.7 Å². The second kappa shape index (κ2) is 10.6. The minimum absolute atomic E-state index is 0.191. The van der Waals surface area contributed by atoms with Crippen molar-refractivity contribution in [3.8, 4) is 5.69 Å². The highest BCUT2D eigenvalue weighted by Crippen LogP contribution is 2.41. The summed E-state index contributed by atoms with van der Waals surface area (Å²) in [5.74, 6) is 0.292. The third kappa shape index (κ3) is 4.83.